The minimum Gasteiger partial charge on any atom is -0.395 e. The highest BCUT2D eigenvalue weighted by atomic mass is 16.3. The number of nitrogens with zero attached hydrogens (tertiary/aromatic N) is 7. The Labute approximate surface area is 177 Å². The van der Waals surface area contributed by atoms with E-state index in [9.17, 15) is 0 Å². The molecule has 0 radical (unpaired) electrons. The van der Waals surface area contributed by atoms with Crippen molar-refractivity contribution in [2.45, 2.75) is 0 Å². The average Bonchev–Trinajstić information content (AvgIpc) is 3.37. The number of nitrogens with one attached hydrogen (secondary N) is 1. The van der Waals surface area contributed by atoms with Crippen molar-refractivity contribution < 1.29 is 15.3 Å². The molecule has 0 saturated heterocycles. The molecule has 8 N–H and O–H groups in total. The molecule has 0 aliphatic heterocycles. The summed E-state index contributed by atoms with van der Waals surface area (Å²) < 4.78 is 3.14. The highest BCUT2D eigenvalue weighted by Gasteiger charge is 2.12. The van der Waals surface area contributed by atoms with Crippen LogP contribution in [-0.4, -0.2) is 84.0 Å². The van der Waals surface area contributed by atoms with E-state index in [4.69, 9.17) is 26.8 Å². The molecule has 0 atom stereocenters. The first-order chi connectivity index (χ1) is 15.1. The van der Waals surface area contributed by atoms with Crippen molar-refractivity contribution in [1.82, 2.24) is 29.2 Å². The Balaban J connectivity index is 0.000000179. The summed E-state index contributed by atoms with van der Waals surface area (Å²) >= 11 is 0. The van der Waals surface area contributed by atoms with E-state index in [0.29, 0.717) is 42.4 Å². The summed E-state index contributed by atoms with van der Waals surface area (Å²) in [7, 11) is 0. The predicted octanol–water partition coefficient (Wildman–Crippen LogP) is -1.18. The van der Waals surface area contributed by atoms with Crippen LogP contribution in [0.4, 0.5) is 23.0 Å². The Morgan fingerprint density at radius 2 is 1.55 bits per heavy atom. The number of fused-ring (bicyclic) bond motifs is 2. The third kappa shape index (κ3) is 4.91. The monoisotopic (exact) mass is 430 g/mol. The number of nitrogen functional groups attached to an aromatic ring is 2. The molecule has 0 amide bonds. The van der Waals surface area contributed by atoms with Crippen LogP contribution in [0.1, 0.15) is 0 Å². The molecule has 4 aromatic heterocycles. The van der Waals surface area contributed by atoms with E-state index in [-0.39, 0.29) is 19.8 Å². The van der Waals surface area contributed by atoms with Gasteiger partial charge in [-0.1, -0.05) is 0 Å². The van der Waals surface area contributed by atoms with Crippen molar-refractivity contribution in [3.8, 4) is 0 Å². The van der Waals surface area contributed by atoms with Crippen molar-refractivity contribution in [3.63, 3.8) is 0 Å². The molecule has 4 aromatic rings. The summed E-state index contributed by atoms with van der Waals surface area (Å²) in [6.07, 6.45) is 6.41. The Morgan fingerprint density at radius 1 is 0.871 bits per heavy atom. The molecule has 166 valence electrons. The van der Waals surface area contributed by atoms with Gasteiger partial charge < -0.3 is 37.0 Å². The zero-order valence-corrected chi connectivity index (χ0v) is 16.8. The van der Waals surface area contributed by atoms with E-state index in [1.54, 1.807) is 39.8 Å². The lowest BCUT2D eigenvalue weighted by atomic mass is 10.4. The van der Waals surface area contributed by atoms with E-state index in [1.165, 1.54) is 6.20 Å². The molecule has 0 saturated carbocycles. The van der Waals surface area contributed by atoms with Crippen molar-refractivity contribution in [2.75, 3.05) is 61.1 Å². The quantitative estimate of drug-likeness (QED) is 0.197. The van der Waals surface area contributed by atoms with E-state index < -0.39 is 0 Å². The van der Waals surface area contributed by atoms with Crippen molar-refractivity contribution in [1.29, 1.82) is 0 Å². The molecule has 31 heavy (non-hydrogen) atoms. The first-order valence-electron chi connectivity index (χ1n) is 9.58. The van der Waals surface area contributed by atoms with Gasteiger partial charge in [0.1, 0.15) is 17.3 Å². The first-order valence-corrected chi connectivity index (χ1v) is 9.58. The van der Waals surface area contributed by atoms with Gasteiger partial charge >= 0.3 is 0 Å². The number of hydrogen-bond acceptors (Lipinski definition) is 11. The molecule has 0 unspecified atom stereocenters. The zero-order chi connectivity index (χ0) is 22.2. The Hall–Kier alpha value is -3.68. The van der Waals surface area contributed by atoms with Gasteiger partial charge in [-0.05, 0) is 12.1 Å². The molecule has 0 aliphatic carbocycles. The van der Waals surface area contributed by atoms with Crippen molar-refractivity contribution >= 4 is 34.3 Å². The lowest BCUT2D eigenvalue weighted by Gasteiger charge is -2.22. The van der Waals surface area contributed by atoms with E-state index in [2.05, 4.69) is 25.5 Å². The second kappa shape index (κ2) is 10.4. The summed E-state index contributed by atoms with van der Waals surface area (Å²) in [5, 5.41) is 37.9. The van der Waals surface area contributed by atoms with Gasteiger partial charge in [0.2, 0.25) is 0 Å². The van der Waals surface area contributed by atoms with Gasteiger partial charge in [0.15, 0.2) is 11.3 Å². The number of rotatable bonds is 8. The van der Waals surface area contributed by atoms with Crippen LogP contribution in [0.15, 0.2) is 36.9 Å². The fourth-order valence-corrected chi connectivity index (χ4v) is 2.94. The second-order valence-corrected chi connectivity index (χ2v) is 6.39. The number of aliphatic hydroxyl groups is 3. The highest BCUT2D eigenvalue weighted by Crippen LogP contribution is 2.18. The van der Waals surface area contributed by atoms with Gasteiger partial charge in [0, 0.05) is 32.0 Å². The SMILES string of the molecule is Nc1ccnc2c(NCCO)cnn12.Nc1cnn2c(N(CCO)CCO)ccnc12. The van der Waals surface area contributed by atoms with Crippen molar-refractivity contribution in [3.05, 3.63) is 36.9 Å². The molecule has 4 heterocycles. The molecular formula is C18H26N10O3. The highest BCUT2D eigenvalue weighted by molar-refractivity contribution is 5.68. The molecule has 13 heteroatoms. The normalized spacial score (nSPS) is 10.8. The molecule has 13 nitrogen and oxygen atoms in total. The minimum absolute atomic E-state index is 0.000562. The number of hydrogen-bond donors (Lipinski definition) is 6. The topological polar surface area (TPSA) is 188 Å². The van der Waals surface area contributed by atoms with Crippen LogP contribution in [0.5, 0.6) is 0 Å². The molecule has 0 spiro atoms. The van der Waals surface area contributed by atoms with Gasteiger partial charge in [-0.2, -0.15) is 19.2 Å². The maximum atomic E-state index is 9.01. The minimum atomic E-state index is 0.000562. The van der Waals surface area contributed by atoms with Crippen LogP contribution in [0.3, 0.4) is 0 Å². The second-order valence-electron chi connectivity index (χ2n) is 6.39. The number of anilines is 4. The third-order valence-electron chi connectivity index (χ3n) is 4.33. The van der Waals surface area contributed by atoms with Gasteiger partial charge in [-0.25, -0.2) is 9.97 Å². The van der Waals surface area contributed by atoms with Gasteiger partial charge in [0.05, 0.1) is 37.9 Å². The molecule has 0 bridgehead atoms. The Bertz CT molecular complexity index is 1110. The van der Waals surface area contributed by atoms with Crippen LogP contribution < -0.4 is 21.7 Å². The standard InChI is InChI=1S/C10H15N5O2.C8H11N5O/c11-8-7-13-15-9(1-2-12-10(8)15)14(3-5-16)4-6-17;9-7-1-2-11-8-6(10-3-4-14)5-12-13(7)8/h1-2,7,16-17H,3-6,11H2;1-2,5,10,14H,3-4,9H2. The van der Waals surface area contributed by atoms with E-state index in [1.807, 2.05) is 4.90 Å². The Kier molecular flexibility index (Phi) is 7.37. The van der Waals surface area contributed by atoms with Crippen LogP contribution in [-0.2, 0) is 0 Å². The van der Waals surface area contributed by atoms with Crippen LogP contribution in [0.2, 0.25) is 0 Å². The maximum Gasteiger partial charge on any atom is 0.180 e. The number of aromatic nitrogens is 6. The molecular weight excluding hydrogens is 404 g/mol. The largest absolute Gasteiger partial charge is 0.395 e. The average molecular weight is 430 g/mol. The summed E-state index contributed by atoms with van der Waals surface area (Å²) in [6, 6.07) is 3.45. The van der Waals surface area contributed by atoms with Crippen molar-refractivity contribution in [2.24, 2.45) is 0 Å². The van der Waals surface area contributed by atoms with Crippen LogP contribution in [0.25, 0.3) is 11.3 Å². The maximum absolute atomic E-state index is 9.01. The molecule has 4 rings (SSSR count). The first kappa shape index (κ1) is 22.0. The van der Waals surface area contributed by atoms with Gasteiger partial charge in [-0.15, -0.1) is 0 Å². The summed E-state index contributed by atoms with van der Waals surface area (Å²) in [5.41, 5.74) is 13.9. The van der Waals surface area contributed by atoms with E-state index >= 15 is 0 Å². The zero-order valence-electron chi connectivity index (χ0n) is 16.8. The Morgan fingerprint density at radius 3 is 2.26 bits per heavy atom. The lowest BCUT2D eigenvalue weighted by molar-refractivity contribution is 0.280. The van der Waals surface area contributed by atoms with Crippen LogP contribution in [0, 0.1) is 0 Å². The molecule has 0 aromatic carbocycles. The predicted molar refractivity (Wildman–Crippen MR) is 117 cm³/mol. The summed E-state index contributed by atoms with van der Waals surface area (Å²) in [6.45, 7) is 1.37. The summed E-state index contributed by atoms with van der Waals surface area (Å²) in [5.74, 6) is 1.28. The lowest BCUT2D eigenvalue weighted by Crippen LogP contribution is -2.31. The third-order valence-corrected chi connectivity index (χ3v) is 4.33. The fraction of sp³-hybridized carbons (Fsp3) is 0.333. The van der Waals surface area contributed by atoms with Crippen LogP contribution >= 0.6 is 0 Å². The molecule has 0 fully saturated rings. The van der Waals surface area contributed by atoms with E-state index in [0.717, 1.165) is 11.5 Å². The van der Waals surface area contributed by atoms with Gasteiger partial charge in [0.25, 0.3) is 0 Å². The molecule has 0 aliphatic rings. The smallest absolute Gasteiger partial charge is 0.180 e. The number of nitrogens with two attached hydrogens (primary N) is 2. The number of aliphatic hydroxyl groups excluding tert-OH is 3. The summed E-state index contributed by atoms with van der Waals surface area (Å²) in [4.78, 5) is 10.1. The van der Waals surface area contributed by atoms with Gasteiger partial charge in [-0.3, -0.25) is 0 Å². The fourth-order valence-electron chi connectivity index (χ4n) is 2.94.